The summed E-state index contributed by atoms with van der Waals surface area (Å²) in [6.07, 6.45) is 0. The molecule has 0 unspecified atom stereocenters. The minimum Gasteiger partial charge on any atom is -0.398 e. The third kappa shape index (κ3) is 1.93. The predicted molar refractivity (Wildman–Crippen MR) is 70.3 cm³/mol. The first-order valence-corrected chi connectivity index (χ1v) is 7.78. The highest BCUT2D eigenvalue weighted by molar-refractivity contribution is 7.71. The summed E-state index contributed by atoms with van der Waals surface area (Å²) in [4.78, 5) is 4.18. The van der Waals surface area contributed by atoms with E-state index in [1.807, 2.05) is 6.07 Å². The molecule has 1 aromatic heterocycles. The molecule has 0 atom stereocenters. The van der Waals surface area contributed by atoms with Crippen molar-refractivity contribution in [2.24, 2.45) is 0 Å². The fourth-order valence-corrected chi connectivity index (χ4v) is 3.40. The number of halogens is 1. The summed E-state index contributed by atoms with van der Waals surface area (Å²) in [6.45, 7) is 3.40. The van der Waals surface area contributed by atoms with Crippen molar-refractivity contribution >= 4 is 40.6 Å². The molecule has 2 N–H and O–H groups in total. The minimum atomic E-state index is -2.42. The topological polar surface area (TPSA) is 56.0 Å². The molecule has 1 aromatic carbocycles. The first-order chi connectivity index (χ1) is 7.39. The molecule has 0 bridgehead atoms. The van der Waals surface area contributed by atoms with Gasteiger partial charge in [0.25, 0.3) is 0 Å². The van der Waals surface area contributed by atoms with Crippen LogP contribution in [-0.2, 0) is 4.57 Å². The van der Waals surface area contributed by atoms with Crippen LogP contribution in [0.25, 0.3) is 10.9 Å². The average molecular weight is 255 g/mol. The molecular formula is C11H12ClN2OP. The Hall–Kier alpha value is -1.05. The molecule has 0 saturated carbocycles. The molecule has 0 radical (unpaired) electrons. The molecule has 1 heterocycles. The van der Waals surface area contributed by atoms with Crippen molar-refractivity contribution in [3.63, 3.8) is 0 Å². The van der Waals surface area contributed by atoms with E-state index < -0.39 is 7.14 Å². The Bertz CT molecular complexity index is 606. The Morgan fingerprint density at radius 2 is 1.94 bits per heavy atom. The number of nitrogens with zero attached hydrogens (tertiary/aromatic N) is 1. The summed E-state index contributed by atoms with van der Waals surface area (Å²) >= 11 is 5.81. The van der Waals surface area contributed by atoms with Gasteiger partial charge in [0.05, 0.1) is 5.52 Å². The van der Waals surface area contributed by atoms with Gasteiger partial charge >= 0.3 is 0 Å². The van der Waals surface area contributed by atoms with Crippen molar-refractivity contribution in [2.45, 2.75) is 0 Å². The first-order valence-electron chi connectivity index (χ1n) is 4.80. The van der Waals surface area contributed by atoms with E-state index in [4.69, 9.17) is 17.3 Å². The highest BCUT2D eigenvalue weighted by Crippen LogP contribution is 2.39. The number of pyridine rings is 1. The van der Waals surface area contributed by atoms with Crippen molar-refractivity contribution in [1.82, 2.24) is 4.98 Å². The van der Waals surface area contributed by atoms with Crippen LogP contribution < -0.4 is 11.0 Å². The quantitative estimate of drug-likeness (QED) is 0.484. The maximum atomic E-state index is 12.2. The van der Waals surface area contributed by atoms with Crippen LogP contribution in [0.15, 0.2) is 24.3 Å². The van der Waals surface area contributed by atoms with Gasteiger partial charge in [-0.2, -0.15) is 0 Å². The zero-order valence-electron chi connectivity index (χ0n) is 9.07. The van der Waals surface area contributed by atoms with E-state index in [9.17, 15) is 4.57 Å². The van der Waals surface area contributed by atoms with Crippen LogP contribution in [0.1, 0.15) is 0 Å². The largest absolute Gasteiger partial charge is 0.398 e. The van der Waals surface area contributed by atoms with Gasteiger partial charge in [0, 0.05) is 16.4 Å². The maximum Gasteiger partial charge on any atom is 0.129 e. The zero-order chi connectivity index (χ0) is 11.9. The molecule has 84 valence electrons. The van der Waals surface area contributed by atoms with E-state index in [0.717, 1.165) is 10.9 Å². The van der Waals surface area contributed by atoms with Crippen molar-refractivity contribution in [2.75, 3.05) is 19.1 Å². The minimum absolute atomic E-state index is 0.422. The standard InChI is InChI=1S/C11H12ClN2OP/c1-16(2,15)11-7-3-6-10(12)14-9(7)5-4-8(11)13/h3-6H,13H2,1-2H3. The number of hydrogen-bond acceptors (Lipinski definition) is 3. The lowest BCUT2D eigenvalue weighted by molar-refractivity contribution is 0.588. The molecule has 0 amide bonds. The second-order valence-electron chi connectivity index (χ2n) is 4.05. The summed E-state index contributed by atoms with van der Waals surface area (Å²) in [5.41, 5.74) is 7.15. The van der Waals surface area contributed by atoms with Gasteiger partial charge in [-0.1, -0.05) is 11.6 Å². The van der Waals surface area contributed by atoms with E-state index in [1.165, 1.54) is 0 Å². The van der Waals surface area contributed by atoms with Crippen LogP contribution in [0.2, 0.25) is 5.15 Å². The molecule has 0 saturated heterocycles. The number of fused-ring (bicyclic) bond motifs is 1. The van der Waals surface area contributed by atoms with E-state index in [-0.39, 0.29) is 0 Å². The number of rotatable bonds is 1. The van der Waals surface area contributed by atoms with Gasteiger partial charge in [-0.05, 0) is 37.6 Å². The van der Waals surface area contributed by atoms with Crippen LogP contribution in [-0.4, -0.2) is 18.3 Å². The highest BCUT2D eigenvalue weighted by Gasteiger charge is 2.18. The number of nitrogen functional groups attached to an aromatic ring is 1. The molecule has 2 aromatic rings. The third-order valence-electron chi connectivity index (χ3n) is 2.38. The Kier molecular flexibility index (Phi) is 2.69. The summed E-state index contributed by atoms with van der Waals surface area (Å²) in [5.74, 6) is 0. The van der Waals surface area contributed by atoms with Crippen LogP contribution in [0.5, 0.6) is 0 Å². The molecule has 16 heavy (non-hydrogen) atoms. The summed E-state index contributed by atoms with van der Waals surface area (Å²) in [7, 11) is -2.42. The van der Waals surface area contributed by atoms with Crippen molar-refractivity contribution < 1.29 is 4.57 Å². The number of nitrogens with two attached hydrogens (primary N) is 1. The summed E-state index contributed by atoms with van der Waals surface area (Å²) in [5, 5.41) is 1.93. The normalized spacial score (nSPS) is 11.9. The van der Waals surface area contributed by atoms with E-state index in [0.29, 0.717) is 16.1 Å². The van der Waals surface area contributed by atoms with Crippen molar-refractivity contribution in [3.05, 3.63) is 29.4 Å². The lowest BCUT2D eigenvalue weighted by Gasteiger charge is -2.13. The smallest absolute Gasteiger partial charge is 0.129 e. The number of hydrogen-bond donors (Lipinski definition) is 1. The number of aromatic nitrogens is 1. The third-order valence-corrected chi connectivity index (χ3v) is 4.17. The second-order valence-corrected chi connectivity index (χ2v) is 7.59. The van der Waals surface area contributed by atoms with Crippen LogP contribution in [0.4, 0.5) is 5.69 Å². The SMILES string of the molecule is CP(C)(=O)c1c(N)ccc2nc(Cl)ccc12. The van der Waals surface area contributed by atoms with Gasteiger partial charge < -0.3 is 10.3 Å². The van der Waals surface area contributed by atoms with Crippen molar-refractivity contribution in [3.8, 4) is 0 Å². The fraction of sp³-hybridized carbons (Fsp3) is 0.182. The molecule has 5 heteroatoms. The van der Waals surface area contributed by atoms with Crippen molar-refractivity contribution in [1.29, 1.82) is 0 Å². The van der Waals surface area contributed by atoms with E-state index >= 15 is 0 Å². The Balaban J connectivity index is 2.91. The second kappa shape index (κ2) is 3.76. The molecule has 0 spiro atoms. The van der Waals surface area contributed by atoms with E-state index in [2.05, 4.69) is 4.98 Å². The fourth-order valence-electron chi connectivity index (χ4n) is 1.78. The van der Waals surface area contributed by atoms with Crippen LogP contribution in [0, 0.1) is 0 Å². The van der Waals surface area contributed by atoms with Gasteiger partial charge in [-0.3, -0.25) is 0 Å². The Morgan fingerprint density at radius 3 is 2.56 bits per heavy atom. The lowest BCUT2D eigenvalue weighted by Crippen LogP contribution is -2.11. The molecule has 0 aliphatic rings. The van der Waals surface area contributed by atoms with Gasteiger partial charge in [0.15, 0.2) is 0 Å². The molecule has 2 rings (SSSR count). The Morgan fingerprint density at radius 1 is 1.25 bits per heavy atom. The Labute approximate surface area is 99.0 Å². The predicted octanol–water partition coefficient (Wildman–Crippen LogP) is 2.72. The molecule has 0 aliphatic heterocycles. The van der Waals surface area contributed by atoms with Gasteiger partial charge in [0.2, 0.25) is 0 Å². The van der Waals surface area contributed by atoms with E-state index in [1.54, 1.807) is 31.5 Å². The molecule has 0 fully saturated rings. The van der Waals surface area contributed by atoms with Gasteiger partial charge in [-0.25, -0.2) is 4.98 Å². The molecule has 3 nitrogen and oxygen atoms in total. The first kappa shape index (κ1) is 11.4. The van der Waals surface area contributed by atoms with Crippen LogP contribution in [0.3, 0.4) is 0 Å². The average Bonchev–Trinajstić information content (AvgIpc) is 2.16. The van der Waals surface area contributed by atoms with Crippen LogP contribution >= 0.6 is 18.7 Å². The highest BCUT2D eigenvalue weighted by atomic mass is 35.5. The maximum absolute atomic E-state index is 12.2. The summed E-state index contributed by atoms with van der Waals surface area (Å²) in [6, 6.07) is 7.01. The molecule has 0 aliphatic carbocycles. The zero-order valence-corrected chi connectivity index (χ0v) is 10.7. The van der Waals surface area contributed by atoms with Gasteiger partial charge in [0.1, 0.15) is 12.3 Å². The number of benzene rings is 1. The lowest BCUT2D eigenvalue weighted by atomic mass is 10.2. The van der Waals surface area contributed by atoms with Gasteiger partial charge in [-0.15, -0.1) is 0 Å². The summed E-state index contributed by atoms with van der Waals surface area (Å²) < 4.78 is 12.2. The number of anilines is 1. The molecular weight excluding hydrogens is 243 g/mol. The monoisotopic (exact) mass is 254 g/mol.